The topological polar surface area (TPSA) is 56.0 Å². The first-order chi connectivity index (χ1) is 6.54. The highest BCUT2D eigenvalue weighted by atomic mass is 16.3. The highest BCUT2D eigenvalue weighted by Gasteiger charge is 2.37. The van der Waals surface area contributed by atoms with Gasteiger partial charge in [0.25, 0.3) is 0 Å². The number of aliphatic hydroxyl groups is 1. The summed E-state index contributed by atoms with van der Waals surface area (Å²) in [7, 11) is 0. The van der Waals surface area contributed by atoms with Crippen LogP contribution >= 0.6 is 0 Å². The third kappa shape index (κ3) is 2.70. The molecular weight excluding hydrogens is 176 g/mol. The summed E-state index contributed by atoms with van der Waals surface area (Å²) in [6.07, 6.45) is 4.31. The Balaban J connectivity index is 2.66. The van der Waals surface area contributed by atoms with E-state index in [2.05, 4.69) is 11.4 Å². The largest absolute Gasteiger partial charge is 0.390 e. The van der Waals surface area contributed by atoms with Gasteiger partial charge >= 0.3 is 0 Å². The van der Waals surface area contributed by atoms with Gasteiger partial charge in [0.05, 0.1) is 11.7 Å². The maximum Gasteiger partial charge on any atom is 0.109 e. The second-order valence-corrected chi connectivity index (χ2v) is 4.61. The molecule has 1 heterocycles. The summed E-state index contributed by atoms with van der Waals surface area (Å²) in [5.74, 6) is 0. The van der Waals surface area contributed by atoms with Crippen LogP contribution in [0.1, 0.15) is 46.0 Å². The van der Waals surface area contributed by atoms with Crippen LogP contribution in [0.15, 0.2) is 0 Å². The number of nitrogens with zero attached hydrogens (tertiary/aromatic N) is 1. The van der Waals surface area contributed by atoms with Crippen LogP contribution in [0.3, 0.4) is 0 Å². The van der Waals surface area contributed by atoms with Crippen LogP contribution < -0.4 is 5.32 Å². The van der Waals surface area contributed by atoms with E-state index in [-0.39, 0.29) is 0 Å². The Morgan fingerprint density at radius 2 is 2.29 bits per heavy atom. The lowest BCUT2D eigenvalue weighted by Crippen LogP contribution is -2.51. The SMILES string of the molecule is CCC(C)(O)CC1(C#N)CCCCN1. The Morgan fingerprint density at radius 3 is 2.71 bits per heavy atom. The van der Waals surface area contributed by atoms with Gasteiger partial charge in [0.2, 0.25) is 0 Å². The smallest absolute Gasteiger partial charge is 0.109 e. The predicted octanol–water partition coefficient (Wildman–Crippen LogP) is 1.57. The van der Waals surface area contributed by atoms with Gasteiger partial charge in [-0.25, -0.2) is 0 Å². The van der Waals surface area contributed by atoms with Gasteiger partial charge in [0, 0.05) is 6.42 Å². The van der Waals surface area contributed by atoms with Gasteiger partial charge in [-0.15, -0.1) is 0 Å². The van der Waals surface area contributed by atoms with Crippen LogP contribution in [0.5, 0.6) is 0 Å². The van der Waals surface area contributed by atoms with Crippen LogP contribution in [0, 0.1) is 11.3 Å². The number of piperidine rings is 1. The van der Waals surface area contributed by atoms with E-state index in [0.29, 0.717) is 12.8 Å². The first kappa shape index (κ1) is 11.5. The maximum absolute atomic E-state index is 9.98. The lowest BCUT2D eigenvalue weighted by atomic mass is 9.79. The standard InChI is InChI=1S/C11H20N2O/c1-3-10(2,14)8-11(9-12)6-4-5-7-13-11/h13-14H,3-8H2,1-2H3. The van der Waals surface area contributed by atoms with Crippen molar-refractivity contribution in [2.45, 2.75) is 57.1 Å². The Kier molecular flexibility index (Phi) is 3.52. The second-order valence-electron chi connectivity index (χ2n) is 4.61. The van der Waals surface area contributed by atoms with Crippen molar-refractivity contribution in [3.05, 3.63) is 0 Å². The summed E-state index contributed by atoms with van der Waals surface area (Å²) in [5, 5.41) is 22.4. The number of rotatable bonds is 3. The molecule has 0 bridgehead atoms. The highest BCUT2D eigenvalue weighted by Crippen LogP contribution is 2.29. The average Bonchev–Trinajstić information content (AvgIpc) is 2.19. The van der Waals surface area contributed by atoms with Gasteiger partial charge in [0.1, 0.15) is 5.54 Å². The fourth-order valence-electron chi connectivity index (χ4n) is 2.03. The maximum atomic E-state index is 9.98. The van der Waals surface area contributed by atoms with E-state index in [1.165, 1.54) is 0 Å². The molecule has 0 aromatic heterocycles. The normalized spacial score (nSPS) is 31.9. The molecule has 0 aliphatic carbocycles. The molecule has 0 radical (unpaired) electrons. The zero-order valence-corrected chi connectivity index (χ0v) is 9.14. The van der Waals surface area contributed by atoms with E-state index in [0.717, 1.165) is 25.8 Å². The van der Waals surface area contributed by atoms with Crippen LogP contribution in [0.2, 0.25) is 0 Å². The van der Waals surface area contributed by atoms with Gasteiger partial charge in [-0.05, 0) is 39.2 Å². The molecule has 3 nitrogen and oxygen atoms in total. The summed E-state index contributed by atoms with van der Waals surface area (Å²) < 4.78 is 0. The Morgan fingerprint density at radius 1 is 1.57 bits per heavy atom. The number of hydrogen-bond donors (Lipinski definition) is 2. The molecule has 3 heteroatoms. The predicted molar refractivity (Wildman–Crippen MR) is 55.7 cm³/mol. The summed E-state index contributed by atoms with van der Waals surface area (Å²) in [6, 6.07) is 2.34. The molecule has 2 atom stereocenters. The van der Waals surface area contributed by atoms with Crippen molar-refractivity contribution in [2.75, 3.05) is 6.54 Å². The van der Waals surface area contributed by atoms with Crippen molar-refractivity contribution in [1.29, 1.82) is 5.26 Å². The molecule has 0 aromatic carbocycles. The van der Waals surface area contributed by atoms with Gasteiger partial charge in [-0.2, -0.15) is 5.26 Å². The lowest BCUT2D eigenvalue weighted by Gasteiger charge is -2.37. The molecule has 1 rings (SSSR count). The quantitative estimate of drug-likeness (QED) is 0.720. The fourth-order valence-corrected chi connectivity index (χ4v) is 2.03. The first-order valence-corrected chi connectivity index (χ1v) is 5.42. The van der Waals surface area contributed by atoms with Crippen molar-refractivity contribution in [3.63, 3.8) is 0 Å². The van der Waals surface area contributed by atoms with Gasteiger partial charge < -0.3 is 5.11 Å². The third-order valence-corrected chi connectivity index (χ3v) is 3.15. The van der Waals surface area contributed by atoms with E-state index in [1.807, 2.05) is 13.8 Å². The molecule has 0 spiro atoms. The molecular formula is C11H20N2O. The molecule has 1 aliphatic rings. The van der Waals surface area contributed by atoms with Gasteiger partial charge in [0.15, 0.2) is 0 Å². The van der Waals surface area contributed by atoms with Crippen LogP contribution in [0.25, 0.3) is 0 Å². The van der Waals surface area contributed by atoms with E-state index >= 15 is 0 Å². The van der Waals surface area contributed by atoms with Crippen LogP contribution in [0.4, 0.5) is 0 Å². The summed E-state index contributed by atoms with van der Waals surface area (Å²) in [6.45, 7) is 4.66. The van der Waals surface area contributed by atoms with Crippen molar-refractivity contribution >= 4 is 0 Å². The van der Waals surface area contributed by atoms with Gasteiger partial charge in [-0.3, -0.25) is 5.32 Å². The van der Waals surface area contributed by atoms with Crippen molar-refractivity contribution in [3.8, 4) is 6.07 Å². The van der Waals surface area contributed by atoms with Gasteiger partial charge in [-0.1, -0.05) is 6.92 Å². The molecule has 0 amide bonds. The Hall–Kier alpha value is -0.590. The van der Waals surface area contributed by atoms with Crippen molar-refractivity contribution in [2.24, 2.45) is 0 Å². The lowest BCUT2D eigenvalue weighted by molar-refractivity contribution is 0.0213. The fraction of sp³-hybridized carbons (Fsp3) is 0.909. The number of hydrogen-bond acceptors (Lipinski definition) is 3. The first-order valence-electron chi connectivity index (χ1n) is 5.42. The van der Waals surface area contributed by atoms with Crippen LogP contribution in [-0.2, 0) is 0 Å². The average molecular weight is 196 g/mol. The molecule has 1 fully saturated rings. The molecule has 80 valence electrons. The second kappa shape index (κ2) is 4.29. The zero-order valence-electron chi connectivity index (χ0n) is 9.14. The minimum absolute atomic E-state index is 0.488. The monoisotopic (exact) mass is 196 g/mol. The molecule has 1 saturated heterocycles. The van der Waals surface area contributed by atoms with Crippen molar-refractivity contribution in [1.82, 2.24) is 5.32 Å². The van der Waals surface area contributed by atoms with Crippen molar-refractivity contribution < 1.29 is 5.11 Å². The summed E-state index contributed by atoms with van der Waals surface area (Å²) >= 11 is 0. The molecule has 14 heavy (non-hydrogen) atoms. The van der Waals surface area contributed by atoms with E-state index in [4.69, 9.17) is 0 Å². The Bertz CT molecular complexity index is 224. The summed E-state index contributed by atoms with van der Waals surface area (Å²) in [4.78, 5) is 0. The van der Waals surface area contributed by atoms with E-state index in [1.54, 1.807) is 0 Å². The number of nitriles is 1. The molecule has 1 aliphatic heterocycles. The van der Waals surface area contributed by atoms with E-state index < -0.39 is 11.1 Å². The van der Waals surface area contributed by atoms with E-state index in [9.17, 15) is 10.4 Å². The highest BCUT2D eigenvalue weighted by molar-refractivity contribution is 5.11. The zero-order chi connectivity index (χ0) is 10.7. The Labute approximate surface area is 86.1 Å². The molecule has 2 N–H and O–H groups in total. The minimum Gasteiger partial charge on any atom is -0.390 e. The molecule has 0 saturated carbocycles. The summed E-state index contributed by atoms with van der Waals surface area (Å²) in [5.41, 5.74) is -1.21. The molecule has 0 aromatic rings. The van der Waals surface area contributed by atoms with Crippen LogP contribution in [-0.4, -0.2) is 22.8 Å². The minimum atomic E-state index is -0.722. The number of nitrogens with one attached hydrogen (secondary N) is 1. The third-order valence-electron chi connectivity index (χ3n) is 3.15. The molecule has 2 unspecified atom stereocenters.